The number of piperidine rings is 1. The van der Waals surface area contributed by atoms with Gasteiger partial charge in [0, 0.05) is 5.54 Å². The molecule has 92 valence electrons. The van der Waals surface area contributed by atoms with Crippen molar-refractivity contribution in [2.24, 2.45) is 0 Å². The van der Waals surface area contributed by atoms with E-state index in [4.69, 9.17) is 4.74 Å². The molecule has 1 aliphatic heterocycles. The first kappa shape index (κ1) is 11.9. The SMILES string of the molecule is CC1(NC(=O)COC2CCNCC2)CCC1. The quantitative estimate of drug-likeness (QED) is 0.746. The van der Waals surface area contributed by atoms with Gasteiger partial charge in [-0.15, -0.1) is 0 Å². The summed E-state index contributed by atoms with van der Waals surface area (Å²) in [6.45, 7) is 4.34. The fraction of sp³-hybridized carbons (Fsp3) is 0.917. The highest BCUT2D eigenvalue weighted by atomic mass is 16.5. The zero-order chi connectivity index (χ0) is 11.4. The van der Waals surface area contributed by atoms with E-state index in [9.17, 15) is 4.79 Å². The fourth-order valence-electron chi connectivity index (χ4n) is 2.36. The second-order valence-corrected chi connectivity index (χ2v) is 5.22. The van der Waals surface area contributed by atoms with Gasteiger partial charge in [-0.1, -0.05) is 0 Å². The molecule has 0 atom stereocenters. The minimum atomic E-state index is 0.0423. The van der Waals surface area contributed by atoms with Gasteiger partial charge in [-0.3, -0.25) is 4.79 Å². The lowest BCUT2D eigenvalue weighted by Gasteiger charge is -2.39. The molecular weight excluding hydrogens is 204 g/mol. The Morgan fingerprint density at radius 3 is 2.69 bits per heavy atom. The number of carbonyl (C=O) groups excluding carboxylic acids is 1. The molecule has 0 aromatic rings. The maximum Gasteiger partial charge on any atom is 0.246 e. The van der Waals surface area contributed by atoms with Crippen molar-refractivity contribution in [1.29, 1.82) is 0 Å². The lowest BCUT2D eigenvalue weighted by molar-refractivity contribution is -0.131. The highest BCUT2D eigenvalue weighted by molar-refractivity contribution is 5.78. The van der Waals surface area contributed by atoms with Crippen LogP contribution in [0.5, 0.6) is 0 Å². The Morgan fingerprint density at radius 1 is 1.44 bits per heavy atom. The minimum absolute atomic E-state index is 0.0423. The lowest BCUT2D eigenvalue weighted by atomic mass is 9.78. The molecule has 1 aliphatic carbocycles. The summed E-state index contributed by atoms with van der Waals surface area (Å²) in [6, 6.07) is 0. The summed E-state index contributed by atoms with van der Waals surface area (Å²) in [5, 5.41) is 6.33. The van der Waals surface area contributed by atoms with Gasteiger partial charge in [0.25, 0.3) is 0 Å². The van der Waals surface area contributed by atoms with Crippen molar-refractivity contribution in [2.75, 3.05) is 19.7 Å². The van der Waals surface area contributed by atoms with E-state index in [1.807, 2.05) is 0 Å². The van der Waals surface area contributed by atoms with E-state index in [2.05, 4.69) is 17.6 Å². The molecule has 0 aromatic heterocycles. The maximum atomic E-state index is 11.6. The molecule has 0 unspecified atom stereocenters. The number of hydrogen-bond donors (Lipinski definition) is 2. The average Bonchev–Trinajstić information content (AvgIpc) is 2.26. The Hall–Kier alpha value is -0.610. The third kappa shape index (κ3) is 3.19. The van der Waals surface area contributed by atoms with Gasteiger partial charge >= 0.3 is 0 Å². The molecule has 0 aromatic carbocycles. The molecule has 0 radical (unpaired) electrons. The second kappa shape index (κ2) is 5.15. The molecule has 2 rings (SSSR count). The van der Waals surface area contributed by atoms with Crippen LogP contribution in [0.25, 0.3) is 0 Å². The number of amides is 1. The molecule has 16 heavy (non-hydrogen) atoms. The Bertz CT molecular complexity index is 245. The summed E-state index contributed by atoms with van der Waals surface area (Å²) < 4.78 is 5.61. The lowest BCUT2D eigenvalue weighted by Crippen LogP contribution is -2.52. The summed E-state index contributed by atoms with van der Waals surface area (Å²) >= 11 is 0. The van der Waals surface area contributed by atoms with Crippen molar-refractivity contribution in [2.45, 2.75) is 50.7 Å². The Morgan fingerprint density at radius 2 is 2.12 bits per heavy atom. The molecule has 4 heteroatoms. The van der Waals surface area contributed by atoms with Crippen LogP contribution < -0.4 is 10.6 Å². The number of ether oxygens (including phenoxy) is 1. The average molecular weight is 226 g/mol. The smallest absolute Gasteiger partial charge is 0.246 e. The van der Waals surface area contributed by atoms with Gasteiger partial charge in [-0.05, 0) is 52.1 Å². The normalized spacial score (nSPS) is 24.8. The number of carbonyl (C=O) groups is 1. The number of hydrogen-bond acceptors (Lipinski definition) is 3. The molecule has 1 amide bonds. The fourth-order valence-corrected chi connectivity index (χ4v) is 2.36. The standard InChI is InChI=1S/C12H22N2O2/c1-12(5-2-6-12)14-11(15)9-16-10-3-7-13-8-4-10/h10,13H,2-9H2,1H3,(H,14,15). The third-order valence-corrected chi connectivity index (χ3v) is 3.63. The first-order chi connectivity index (χ1) is 7.68. The highest BCUT2D eigenvalue weighted by Gasteiger charge is 2.33. The molecule has 4 nitrogen and oxygen atoms in total. The summed E-state index contributed by atoms with van der Waals surface area (Å²) in [6.07, 6.45) is 5.74. The van der Waals surface area contributed by atoms with Crippen molar-refractivity contribution in [3.63, 3.8) is 0 Å². The van der Waals surface area contributed by atoms with E-state index in [-0.39, 0.29) is 24.2 Å². The Kier molecular flexibility index (Phi) is 3.82. The van der Waals surface area contributed by atoms with Crippen LogP contribution in [0.1, 0.15) is 39.0 Å². The van der Waals surface area contributed by atoms with Crippen molar-refractivity contribution in [1.82, 2.24) is 10.6 Å². The number of nitrogens with one attached hydrogen (secondary N) is 2. The molecule has 1 saturated carbocycles. The summed E-state index contributed by atoms with van der Waals surface area (Å²) in [4.78, 5) is 11.6. The van der Waals surface area contributed by atoms with Gasteiger partial charge in [0.2, 0.25) is 5.91 Å². The first-order valence-corrected chi connectivity index (χ1v) is 6.31. The third-order valence-electron chi connectivity index (χ3n) is 3.63. The maximum absolute atomic E-state index is 11.6. The first-order valence-electron chi connectivity index (χ1n) is 6.31. The summed E-state index contributed by atoms with van der Waals surface area (Å²) in [5.74, 6) is 0.0423. The van der Waals surface area contributed by atoms with Crippen molar-refractivity contribution >= 4 is 5.91 Å². The zero-order valence-electron chi connectivity index (χ0n) is 10.1. The monoisotopic (exact) mass is 226 g/mol. The molecule has 1 heterocycles. The van der Waals surface area contributed by atoms with Crippen LogP contribution in [0.3, 0.4) is 0 Å². The van der Waals surface area contributed by atoms with Gasteiger partial charge in [-0.2, -0.15) is 0 Å². The predicted octanol–water partition coefficient (Wildman–Crippen LogP) is 0.814. The van der Waals surface area contributed by atoms with Crippen LogP contribution in [-0.4, -0.2) is 37.2 Å². The highest BCUT2D eigenvalue weighted by Crippen LogP contribution is 2.30. The summed E-state index contributed by atoms with van der Waals surface area (Å²) in [5.41, 5.74) is 0.0502. The van der Waals surface area contributed by atoms with Crippen LogP contribution in [0, 0.1) is 0 Å². The van der Waals surface area contributed by atoms with Crippen LogP contribution >= 0.6 is 0 Å². The predicted molar refractivity (Wildman–Crippen MR) is 62.2 cm³/mol. The van der Waals surface area contributed by atoms with E-state index in [1.54, 1.807) is 0 Å². The zero-order valence-corrected chi connectivity index (χ0v) is 10.1. The summed E-state index contributed by atoms with van der Waals surface area (Å²) in [7, 11) is 0. The van der Waals surface area contributed by atoms with Crippen molar-refractivity contribution < 1.29 is 9.53 Å². The second-order valence-electron chi connectivity index (χ2n) is 5.22. The molecule has 2 N–H and O–H groups in total. The molecule has 0 spiro atoms. The topological polar surface area (TPSA) is 50.4 Å². The minimum Gasteiger partial charge on any atom is -0.368 e. The van der Waals surface area contributed by atoms with Crippen LogP contribution in [0.4, 0.5) is 0 Å². The molecule has 2 aliphatic rings. The molecule has 0 bridgehead atoms. The molecular formula is C12H22N2O2. The Balaban J connectivity index is 1.63. The van der Waals surface area contributed by atoms with Crippen LogP contribution in [0.2, 0.25) is 0 Å². The Labute approximate surface area is 97.1 Å². The van der Waals surface area contributed by atoms with Crippen LogP contribution in [-0.2, 0) is 9.53 Å². The van der Waals surface area contributed by atoms with E-state index in [0.717, 1.165) is 38.8 Å². The number of rotatable bonds is 4. The van der Waals surface area contributed by atoms with E-state index < -0.39 is 0 Å². The van der Waals surface area contributed by atoms with E-state index in [0.29, 0.717) is 0 Å². The van der Waals surface area contributed by atoms with Crippen molar-refractivity contribution in [3.05, 3.63) is 0 Å². The van der Waals surface area contributed by atoms with Gasteiger partial charge in [0.15, 0.2) is 0 Å². The van der Waals surface area contributed by atoms with Gasteiger partial charge in [0.05, 0.1) is 6.10 Å². The van der Waals surface area contributed by atoms with E-state index >= 15 is 0 Å². The van der Waals surface area contributed by atoms with Gasteiger partial charge in [0.1, 0.15) is 6.61 Å². The molecule has 1 saturated heterocycles. The molecule has 2 fully saturated rings. The van der Waals surface area contributed by atoms with Crippen LogP contribution in [0.15, 0.2) is 0 Å². The van der Waals surface area contributed by atoms with Gasteiger partial charge in [-0.25, -0.2) is 0 Å². The van der Waals surface area contributed by atoms with Crippen molar-refractivity contribution in [3.8, 4) is 0 Å². The van der Waals surface area contributed by atoms with Gasteiger partial charge < -0.3 is 15.4 Å². The van der Waals surface area contributed by atoms with E-state index in [1.165, 1.54) is 6.42 Å². The largest absolute Gasteiger partial charge is 0.368 e.